The molecule has 1 aromatic rings. The van der Waals surface area contributed by atoms with Gasteiger partial charge >= 0.3 is 6.03 Å². The van der Waals surface area contributed by atoms with Gasteiger partial charge in [-0.25, -0.2) is 9.18 Å². The summed E-state index contributed by atoms with van der Waals surface area (Å²) in [7, 11) is 1.37. The first-order chi connectivity index (χ1) is 9.44. The minimum Gasteiger partial charge on any atom is -0.494 e. The summed E-state index contributed by atoms with van der Waals surface area (Å²) >= 11 is 0. The van der Waals surface area contributed by atoms with Gasteiger partial charge in [-0.05, 0) is 31.9 Å². The summed E-state index contributed by atoms with van der Waals surface area (Å²) in [6.45, 7) is 3.75. The van der Waals surface area contributed by atoms with E-state index in [4.69, 9.17) is 9.84 Å². The average Bonchev–Trinajstić information content (AvgIpc) is 2.39. The number of methoxy groups -OCH3 is 1. The molecule has 0 fully saturated rings. The van der Waals surface area contributed by atoms with E-state index < -0.39 is 17.4 Å². The van der Waals surface area contributed by atoms with Crippen LogP contribution in [0.4, 0.5) is 14.9 Å². The average molecular weight is 284 g/mol. The molecule has 0 aromatic heterocycles. The van der Waals surface area contributed by atoms with Gasteiger partial charge in [0.25, 0.3) is 0 Å². The first-order valence-electron chi connectivity index (χ1n) is 6.47. The van der Waals surface area contributed by atoms with E-state index in [2.05, 4.69) is 10.6 Å². The van der Waals surface area contributed by atoms with Gasteiger partial charge in [-0.2, -0.15) is 0 Å². The molecular weight excluding hydrogens is 263 g/mol. The molecule has 0 spiro atoms. The molecule has 1 atom stereocenters. The molecular formula is C14H21FN2O3. The Hall–Kier alpha value is -1.82. The summed E-state index contributed by atoms with van der Waals surface area (Å²) in [4.78, 5) is 11.9. The lowest BCUT2D eigenvalue weighted by Gasteiger charge is -2.29. The lowest BCUT2D eigenvalue weighted by Crippen LogP contribution is -2.48. The maximum atomic E-state index is 13.5. The second kappa shape index (κ2) is 7.09. The fourth-order valence-electron chi connectivity index (χ4n) is 1.75. The number of anilines is 1. The highest BCUT2D eigenvalue weighted by Gasteiger charge is 2.23. The zero-order chi connectivity index (χ0) is 15.2. The third-order valence-corrected chi connectivity index (χ3v) is 3.27. The molecule has 0 aliphatic heterocycles. The molecule has 2 amide bonds. The monoisotopic (exact) mass is 284 g/mol. The molecule has 112 valence electrons. The van der Waals surface area contributed by atoms with E-state index in [1.807, 2.05) is 13.8 Å². The van der Waals surface area contributed by atoms with Crippen LogP contribution in [0.3, 0.4) is 0 Å². The predicted octanol–water partition coefficient (Wildman–Crippen LogP) is 2.51. The van der Waals surface area contributed by atoms with Crippen molar-refractivity contribution in [1.29, 1.82) is 0 Å². The summed E-state index contributed by atoms with van der Waals surface area (Å²) in [5.41, 5.74) is -0.160. The molecule has 0 bridgehead atoms. The van der Waals surface area contributed by atoms with Crippen LogP contribution in [0, 0.1) is 5.82 Å². The third kappa shape index (κ3) is 4.38. The van der Waals surface area contributed by atoms with Gasteiger partial charge in [-0.15, -0.1) is 0 Å². The number of rotatable bonds is 6. The maximum Gasteiger partial charge on any atom is 0.319 e. The second-order valence-corrected chi connectivity index (χ2v) is 4.82. The van der Waals surface area contributed by atoms with Crippen molar-refractivity contribution in [3.63, 3.8) is 0 Å². The number of carbonyl (C=O) groups excluding carboxylic acids is 1. The molecule has 0 aliphatic rings. The summed E-state index contributed by atoms with van der Waals surface area (Å²) in [5.74, 6) is -0.423. The molecule has 0 saturated heterocycles. The largest absolute Gasteiger partial charge is 0.494 e. The number of aliphatic hydroxyl groups is 1. The number of hydrogen-bond acceptors (Lipinski definition) is 3. The van der Waals surface area contributed by atoms with Gasteiger partial charge in [0.15, 0.2) is 11.6 Å². The van der Waals surface area contributed by atoms with Crippen molar-refractivity contribution in [3.8, 4) is 5.75 Å². The van der Waals surface area contributed by atoms with Crippen LogP contribution >= 0.6 is 0 Å². The van der Waals surface area contributed by atoms with Gasteiger partial charge in [0.05, 0.1) is 7.11 Å². The van der Waals surface area contributed by atoms with E-state index in [-0.39, 0.29) is 12.4 Å². The Balaban J connectivity index is 2.68. The molecule has 1 aromatic carbocycles. The first kappa shape index (κ1) is 16.2. The van der Waals surface area contributed by atoms with E-state index in [1.54, 1.807) is 6.07 Å². The van der Waals surface area contributed by atoms with Gasteiger partial charge in [0.2, 0.25) is 0 Å². The Morgan fingerprint density at radius 2 is 2.20 bits per heavy atom. The van der Waals surface area contributed by atoms with Crippen molar-refractivity contribution >= 4 is 11.7 Å². The Bertz CT molecular complexity index is 468. The number of hydrogen-bond donors (Lipinski definition) is 3. The second-order valence-electron chi connectivity index (χ2n) is 4.82. The van der Waals surface area contributed by atoms with Crippen molar-refractivity contribution in [2.24, 2.45) is 0 Å². The summed E-state index contributed by atoms with van der Waals surface area (Å²) in [6.07, 6.45) is 1.13. The smallest absolute Gasteiger partial charge is 0.319 e. The fourth-order valence-corrected chi connectivity index (χ4v) is 1.75. The molecule has 1 unspecified atom stereocenters. The number of aliphatic hydroxyl groups excluding tert-OH is 1. The number of ether oxygens (including phenoxy) is 1. The van der Waals surface area contributed by atoms with Crippen molar-refractivity contribution in [1.82, 2.24) is 5.32 Å². The van der Waals surface area contributed by atoms with Crippen molar-refractivity contribution < 1.29 is 19.0 Å². The number of amides is 2. The molecule has 0 aliphatic carbocycles. The summed E-state index contributed by atoms with van der Waals surface area (Å²) in [6, 6.07) is 3.75. The lowest BCUT2D eigenvalue weighted by atomic mass is 9.95. The maximum absolute atomic E-state index is 13.5. The molecule has 20 heavy (non-hydrogen) atoms. The highest BCUT2D eigenvalue weighted by molar-refractivity contribution is 5.89. The quantitative estimate of drug-likeness (QED) is 0.751. The van der Waals surface area contributed by atoms with Crippen LogP contribution in [0.1, 0.15) is 26.7 Å². The Kier molecular flexibility index (Phi) is 5.76. The Morgan fingerprint density at radius 3 is 2.70 bits per heavy atom. The van der Waals surface area contributed by atoms with Crippen molar-refractivity contribution in [2.45, 2.75) is 32.2 Å². The van der Waals surface area contributed by atoms with Crippen LogP contribution < -0.4 is 15.4 Å². The van der Waals surface area contributed by atoms with E-state index in [0.29, 0.717) is 18.5 Å². The van der Waals surface area contributed by atoms with E-state index in [0.717, 1.165) is 0 Å². The number of nitrogens with one attached hydrogen (secondary N) is 2. The molecule has 3 N–H and O–H groups in total. The van der Waals surface area contributed by atoms with Gasteiger partial charge in [-0.1, -0.05) is 6.92 Å². The Labute approximate surface area is 118 Å². The molecule has 0 saturated carbocycles. The SMILES string of the molecule is CCC(C)(CCO)NC(=O)Nc1ccc(OC)c(F)c1. The molecule has 5 nitrogen and oxygen atoms in total. The fraction of sp³-hybridized carbons (Fsp3) is 0.500. The van der Waals surface area contributed by atoms with E-state index >= 15 is 0 Å². The molecule has 0 radical (unpaired) electrons. The topological polar surface area (TPSA) is 70.6 Å². The Morgan fingerprint density at radius 1 is 1.50 bits per heavy atom. The van der Waals surface area contributed by atoms with Crippen LogP contribution in [-0.4, -0.2) is 30.4 Å². The first-order valence-corrected chi connectivity index (χ1v) is 6.47. The van der Waals surface area contributed by atoms with Crippen LogP contribution in [-0.2, 0) is 0 Å². The number of carbonyl (C=O) groups is 1. The minimum absolute atomic E-state index is 0.0121. The number of halogens is 1. The normalized spacial score (nSPS) is 13.4. The van der Waals surface area contributed by atoms with Crippen molar-refractivity contribution in [3.05, 3.63) is 24.0 Å². The van der Waals surface area contributed by atoms with Gasteiger partial charge in [-0.3, -0.25) is 0 Å². The van der Waals surface area contributed by atoms with Gasteiger partial charge in [0.1, 0.15) is 0 Å². The van der Waals surface area contributed by atoms with E-state index in [1.165, 1.54) is 19.2 Å². The summed E-state index contributed by atoms with van der Waals surface area (Å²) in [5, 5.41) is 14.3. The summed E-state index contributed by atoms with van der Waals surface area (Å²) < 4.78 is 18.3. The highest BCUT2D eigenvalue weighted by atomic mass is 19.1. The predicted molar refractivity (Wildman–Crippen MR) is 75.5 cm³/mol. The van der Waals surface area contributed by atoms with Crippen LogP contribution in [0.25, 0.3) is 0 Å². The van der Waals surface area contributed by atoms with Crippen molar-refractivity contribution in [2.75, 3.05) is 19.0 Å². The molecule has 6 heteroatoms. The molecule has 1 rings (SSSR count). The number of benzene rings is 1. The highest BCUT2D eigenvalue weighted by Crippen LogP contribution is 2.21. The minimum atomic E-state index is -0.543. The number of urea groups is 1. The van der Waals surface area contributed by atoms with Crippen LogP contribution in [0.15, 0.2) is 18.2 Å². The molecule has 0 heterocycles. The zero-order valence-electron chi connectivity index (χ0n) is 12.0. The van der Waals surface area contributed by atoms with Crippen LogP contribution in [0.2, 0.25) is 0 Å². The lowest BCUT2D eigenvalue weighted by molar-refractivity contribution is 0.208. The van der Waals surface area contributed by atoms with E-state index in [9.17, 15) is 9.18 Å². The van der Waals surface area contributed by atoms with Crippen LogP contribution in [0.5, 0.6) is 5.75 Å². The zero-order valence-corrected chi connectivity index (χ0v) is 12.0. The standard InChI is InChI=1S/C14H21FN2O3/c1-4-14(2,7-8-18)17-13(19)16-10-5-6-12(20-3)11(15)9-10/h5-6,9,18H,4,7-8H2,1-3H3,(H2,16,17,19). The third-order valence-electron chi connectivity index (χ3n) is 3.27. The van der Waals surface area contributed by atoms with Gasteiger partial charge < -0.3 is 20.5 Å². The van der Waals surface area contributed by atoms with Gasteiger partial charge in [0, 0.05) is 23.9 Å².